The molecule has 0 spiro atoms. The summed E-state index contributed by atoms with van der Waals surface area (Å²) in [5, 5.41) is 1.08. The van der Waals surface area contributed by atoms with Crippen LogP contribution in [-0.2, 0) is 6.42 Å². The van der Waals surface area contributed by atoms with Crippen LogP contribution in [0.2, 0.25) is 0 Å². The third-order valence-corrected chi connectivity index (χ3v) is 3.02. The highest BCUT2D eigenvalue weighted by Gasteiger charge is 2.01. The van der Waals surface area contributed by atoms with Gasteiger partial charge in [0.25, 0.3) is 0 Å². The first-order valence-electron chi connectivity index (χ1n) is 4.25. The van der Waals surface area contributed by atoms with E-state index in [9.17, 15) is 0 Å². The van der Waals surface area contributed by atoms with E-state index in [-0.39, 0.29) is 0 Å². The van der Waals surface area contributed by atoms with Gasteiger partial charge in [-0.3, -0.25) is 4.98 Å². The Kier molecular flexibility index (Phi) is 2.36. The van der Waals surface area contributed by atoms with E-state index in [2.05, 4.69) is 16.9 Å². The number of nitrogens with zero attached hydrogens (tertiary/aromatic N) is 2. The van der Waals surface area contributed by atoms with Gasteiger partial charge < -0.3 is 0 Å². The van der Waals surface area contributed by atoms with Crippen molar-refractivity contribution in [1.82, 2.24) is 9.97 Å². The number of pyridine rings is 1. The van der Waals surface area contributed by atoms with Crippen molar-refractivity contribution in [2.75, 3.05) is 0 Å². The molecule has 0 amide bonds. The Bertz CT molecular complexity index is 381. The van der Waals surface area contributed by atoms with Gasteiger partial charge in [0.15, 0.2) is 0 Å². The van der Waals surface area contributed by atoms with Gasteiger partial charge in [-0.2, -0.15) is 0 Å². The van der Waals surface area contributed by atoms with Crippen molar-refractivity contribution in [3.8, 4) is 10.6 Å². The summed E-state index contributed by atoms with van der Waals surface area (Å²) in [4.78, 5) is 9.65. The van der Waals surface area contributed by atoms with Gasteiger partial charge in [-0.1, -0.05) is 6.92 Å². The molecule has 0 unspecified atom stereocenters. The van der Waals surface area contributed by atoms with E-state index in [1.807, 2.05) is 18.3 Å². The summed E-state index contributed by atoms with van der Waals surface area (Å²) in [6.07, 6.45) is 6.59. The lowest BCUT2D eigenvalue weighted by molar-refractivity contribution is 1.17. The lowest BCUT2D eigenvalue weighted by atomic mass is 10.3. The van der Waals surface area contributed by atoms with Gasteiger partial charge in [-0.15, -0.1) is 11.3 Å². The lowest BCUT2D eigenvalue weighted by Crippen LogP contribution is -1.74. The topological polar surface area (TPSA) is 25.8 Å². The third-order valence-electron chi connectivity index (χ3n) is 1.83. The Labute approximate surface area is 81.3 Å². The molecule has 0 N–H and O–H groups in total. The normalized spacial score (nSPS) is 10.2. The van der Waals surface area contributed by atoms with E-state index in [0.717, 1.165) is 17.0 Å². The number of thiazole rings is 1. The standard InChI is InChI=1S/C10H10N2S/c1-2-9-7-12-10(13-9)8-3-5-11-6-4-8/h3-7H,2H2,1H3. The molecule has 0 bridgehead atoms. The van der Waals surface area contributed by atoms with E-state index in [0.29, 0.717) is 0 Å². The SMILES string of the molecule is CCc1cnc(-c2ccncc2)s1. The smallest absolute Gasteiger partial charge is 0.123 e. The predicted molar refractivity (Wildman–Crippen MR) is 54.7 cm³/mol. The highest BCUT2D eigenvalue weighted by Crippen LogP contribution is 2.24. The first-order valence-corrected chi connectivity index (χ1v) is 5.07. The molecule has 0 aliphatic rings. The second-order valence-corrected chi connectivity index (χ2v) is 3.84. The van der Waals surface area contributed by atoms with E-state index >= 15 is 0 Å². The Hall–Kier alpha value is -1.22. The molecule has 0 fully saturated rings. The monoisotopic (exact) mass is 190 g/mol. The quantitative estimate of drug-likeness (QED) is 0.727. The summed E-state index contributed by atoms with van der Waals surface area (Å²) >= 11 is 1.75. The van der Waals surface area contributed by atoms with E-state index in [1.54, 1.807) is 23.7 Å². The van der Waals surface area contributed by atoms with Gasteiger partial charge in [-0.05, 0) is 18.6 Å². The van der Waals surface area contributed by atoms with Crippen molar-refractivity contribution in [2.24, 2.45) is 0 Å². The van der Waals surface area contributed by atoms with Crippen LogP contribution >= 0.6 is 11.3 Å². The highest BCUT2D eigenvalue weighted by atomic mass is 32.1. The van der Waals surface area contributed by atoms with Crippen LogP contribution in [0, 0.1) is 0 Å². The zero-order valence-corrected chi connectivity index (χ0v) is 8.21. The number of hydrogen-bond donors (Lipinski definition) is 0. The van der Waals surface area contributed by atoms with Crippen LogP contribution in [0.1, 0.15) is 11.8 Å². The maximum atomic E-state index is 4.35. The first kappa shape index (κ1) is 8.38. The molecule has 2 nitrogen and oxygen atoms in total. The maximum absolute atomic E-state index is 4.35. The molecule has 2 aromatic rings. The molecular weight excluding hydrogens is 180 g/mol. The van der Waals surface area contributed by atoms with Gasteiger partial charge in [0.05, 0.1) is 0 Å². The zero-order chi connectivity index (χ0) is 9.10. The van der Waals surface area contributed by atoms with Crippen LogP contribution in [0.25, 0.3) is 10.6 Å². The molecule has 0 saturated carbocycles. The van der Waals surface area contributed by atoms with Gasteiger partial charge in [0.1, 0.15) is 5.01 Å². The molecule has 0 aromatic carbocycles. The van der Waals surface area contributed by atoms with Crippen LogP contribution in [0.15, 0.2) is 30.7 Å². The maximum Gasteiger partial charge on any atom is 0.123 e. The largest absolute Gasteiger partial charge is 0.265 e. The van der Waals surface area contributed by atoms with Crippen molar-refractivity contribution >= 4 is 11.3 Å². The molecule has 3 heteroatoms. The molecule has 2 rings (SSSR count). The third kappa shape index (κ3) is 1.75. The minimum absolute atomic E-state index is 1.06. The summed E-state index contributed by atoms with van der Waals surface area (Å²) in [6.45, 7) is 2.14. The number of aryl methyl sites for hydroxylation is 1. The predicted octanol–water partition coefficient (Wildman–Crippen LogP) is 2.77. The fourth-order valence-electron chi connectivity index (χ4n) is 1.10. The Morgan fingerprint density at radius 2 is 2.08 bits per heavy atom. The van der Waals surface area contributed by atoms with Gasteiger partial charge in [-0.25, -0.2) is 4.98 Å². The Morgan fingerprint density at radius 1 is 1.31 bits per heavy atom. The van der Waals surface area contributed by atoms with Gasteiger partial charge >= 0.3 is 0 Å². The molecule has 0 aliphatic carbocycles. The molecule has 0 saturated heterocycles. The summed E-state index contributed by atoms with van der Waals surface area (Å²) in [5.41, 5.74) is 1.15. The molecule has 66 valence electrons. The number of aromatic nitrogens is 2. The van der Waals surface area contributed by atoms with Crippen LogP contribution in [0.5, 0.6) is 0 Å². The average Bonchev–Trinajstić information content (AvgIpc) is 2.67. The van der Waals surface area contributed by atoms with Crippen molar-refractivity contribution in [1.29, 1.82) is 0 Å². The van der Waals surface area contributed by atoms with E-state index in [1.165, 1.54) is 4.88 Å². The molecule has 2 heterocycles. The number of rotatable bonds is 2. The van der Waals surface area contributed by atoms with Gasteiger partial charge in [0, 0.05) is 29.0 Å². The summed E-state index contributed by atoms with van der Waals surface area (Å²) in [5.74, 6) is 0. The minimum Gasteiger partial charge on any atom is -0.265 e. The average molecular weight is 190 g/mol. The van der Waals surface area contributed by atoms with Crippen LogP contribution < -0.4 is 0 Å². The van der Waals surface area contributed by atoms with Crippen molar-refractivity contribution < 1.29 is 0 Å². The molecule has 0 atom stereocenters. The fraction of sp³-hybridized carbons (Fsp3) is 0.200. The van der Waals surface area contributed by atoms with E-state index < -0.39 is 0 Å². The Balaban J connectivity index is 2.36. The summed E-state index contributed by atoms with van der Waals surface area (Å²) in [6, 6.07) is 3.97. The van der Waals surface area contributed by atoms with Crippen molar-refractivity contribution in [3.05, 3.63) is 35.6 Å². The molecule has 0 radical (unpaired) electrons. The zero-order valence-electron chi connectivity index (χ0n) is 7.40. The Morgan fingerprint density at radius 3 is 2.69 bits per heavy atom. The van der Waals surface area contributed by atoms with Crippen molar-refractivity contribution in [2.45, 2.75) is 13.3 Å². The van der Waals surface area contributed by atoms with Gasteiger partial charge in [0.2, 0.25) is 0 Å². The van der Waals surface area contributed by atoms with Crippen LogP contribution in [0.4, 0.5) is 0 Å². The van der Waals surface area contributed by atoms with E-state index in [4.69, 9.17) is 0 Å². The highest BCUT2D eigenvalue weighted by molar-refractivity contribution is 7.15. The summed E-state index contributed by atoms with van der Waals surface area (Å²) < 4.78 is 0. The van der Waals surface area contributed by atoms with Crippen LogP contribution in [-0.4, -0.2) is 9.97 Å². The first-order chi connectivity index (χ1) is 6.40. The minimum atomic E-state index is 1.06. The van der Waals surface area contributed by atoms with Crippen molar-refractivity contribution in [3.63, 3.8) is 0 Å². The lowest BCUT2D eigenvalue weighted by Gasteiger charge is -1.92. The second-order valence-electron chi connectivity index (χ2n) is 2.72. The molecular formula is C10H10N2S. The number of hydrogen-bond acceptors (Lipinski definition) is 3. The molecule has 2 aromatic heterocycles. The summed E-state index contributed by atoms with van der Waals surface area (Å²) in [7, 11) is 0. The second kappa shape index (κ2) is 3.66. The van der Waals surface area contributed by atoms with Crippen LogP contribution in [0.3, 0.4) is 0 Å². The molecule has 0 aliphatic heterocycles. The molecule has 13 heavy (non-hydrogen) atoms. The fourth-order valence-corrected chi connectivity index (χ4v) is 1.96.